The van der Waals surface area contributed by atoms with Crippen molar-refractivity contribution in [3.63, 3.8) is 0 Å². The average molecular weight is 431 g/mol. The van der Waals surface area contributed by atoms with Gasteiger partial charge in [0.2, 0.25) is 5.91 Å². The highest BCUT2D eigenvalue weighted by Crippen LogP contribution is 2.41. The minimum absolute atomic E-state index is 0. The van der Waals surface area contributed by atoms with E-state index < -0.39 is 0 Å². The van der Waals surface area contributed by atoms with Crippen LogP contribution < -0.4 is 10.6 Å². The molecule has 0 unspecified atom stereocenters. The van der Waals surface area contributed by atoms with E-state index in [2.05, 4.69) is 43.6 Å². The Morgan fingerprint density at radius 3 is 2.44 bits per heavy atom. The maximum absolute atomic E-state index is 13.0. The van der Waals surface area contributed by atoms with E-state index in [4.69, 9.17) is 0 Å². The first-order valence-electron chi connectivity index (χ1n) is 9.18. The van der Waals surface area contributed by atoms with E-state index in [1.54, 1.807) is 0 Å². The molecule has 140 valence electrons. The number of nitrogens with one attached hydrogen (secondary N) is 2. The van der Waals surface area contributed by atoms with Gasteiger partial charge in [0, 0.05) is 37.2 Å². The normalized spacial score (nSPS) is 20.0. The van der Waals surface area contributed by atoms with Crippen molar-refractivity contribution in [1.29, 1.82) is 0 Å². The van der Waals surface area contributed by atoms with Crippen molar-refractivity contribution in [3.8, 4) is 0 Å². The molecule has 4 nitrogen and oxygen atoms in total. The molecule has 1 aromatic carbocycles. The van der Waals surface area contributed by atoms with Gasteiger partial charge in [-0.15, -0.1) is 12.4 Å². The van der Waals surface area contributed by atoms with Gasteiger partial charge in [-0.05, 0) is 43.5 Å². The molecule has 0 radical (unpaired) electrons. The minimum atomic E-state index is -0.310. The fourth-order valence-corrected chi connectivity index (χ4v) is 4.27. The number of nitrogens with zero attached hydrogens (tertiary/aromatic N) is 1. The molecule has 2 N–H and O–H groups in total. The van der Waals surface area contributed by atoms with Crippen molar-refractivity contribution in [2.45, 2.75) is 37.5 Å². The van der Waals surface area contributed by atoms with E-state index in [9.17, 15) is 4.79 Å². The Bertz CT molecular complexity index is 540. The number of rotatable bonds is 6. The van der Waals surface area contributed by atoms with E-state index in [0.29, 0.717) is 0 Å². The molecular formula is C19H29BrClN3O. The fraction of sp³-hybridized carbons (Fsp3) is 0.632. The second kappa shape index (κ2) is 9.91. The molecular weight excluding hydrogens is 402 g/mol. The predicted molar refractivity (Wildman–Crippen MR) is 108 cm³/mol. The van der Waals surface area contributed by atoms with Gasteiger partial charge >= 0.3 is 0 Å². The zero-order chi connectivity index (χ0) is 16.8. The number of carbonyl (C=O) groups excluding carboxylic acids is 1. The summed E-state index contributed by atoms with van der Waals surface area (Å²) in [5.41, 5.74) is 0.859. The first-order valence-corrected chi connectivity index (χ1v) is 9.97. The molecule has 1 heterocycles. The van der Waals surface area contributed by atoms with Gasteiger partial charge in [-0.3, -0.25) is 4.79 Å². The summed E-state index contributed by atoms with van der Waals surface area (Å²) >= 11 is 3.49. The summed E-state index contributed by atoms with van der Waals surface area (Å²) in [5.74, 6) is 0.225. The van der Waals surface area contributed by atoms with E-state index in [1.807, 2.05) is 12.1 Å². The number of benzene rings is 1. The third-order valence-corrected chi connectivity index (χ3v) is 5.96. The van der Waals surface area contributed by atoms with Crippen molar-refractivity contribution in [2.24, 2.45) is 0 Å². The molecule has 0 spiro atoms. The van der Waals surface area contributed by atoms with Gasteiger partial charge in [-0.25, -0.2) is 0 Å². The molecule has 2 fully saturated rings. The Balaban J connectivity index is 0.00000225. The molecule has 3 rings (SSSR count). The quantitative estimate of drug-likeness (QED) is 0.682. The summed E-state index contributed by atoms with van der Waals surface area (Å²) in [6, 6.07) is 8.31. The fourth-order valence-electron chi connectivity index (χ4n) is 4.00. The van der Waals surface area contributed by atoms with Gasteiger partial charge in [-0.2, -0.15) is 0 Å². The van der Waals surface area contributed by atoms with Crippen molar-refractivity contribution in [2.75, 3.05) is 39.3 Å². The standard InChI is InChI=1S/C19H28BrN3O.ClH/c20-17-6-4-16(5-7-17)19(8-1-2-9-19)18(24)22-10-3-13-23-14-11-21-12-15-23;/h4-7,21H,1-3,8-15H2,(H,22,24);1H. The number of amides is 1. The van der Waals surface area contributed by atoms with Crippen molar-refractivity contribution in [3.05, 3.63) is 34.3 Å². The van der Waals surface area contributed by atoms with Crippen LogP contribution in [0, 0.1) is 0 Å². The molecule has 1 aliphatic carbocycles. The predicted octanol–water partition coefficient (Wildman–Crippen LogP) is 3.09. The number of halogens is 2. The summed E-state index contributed by atoms with van der Waals surface area (Å²) in [5, 5.41) is 6.60. The van der Waals surface area contributed by atoms with Gasteiger partial charge in [0.25, 0.3) is 0 Å². The molecule has 1 aromatic rings. The van der Waals surface area contributed by atoms with Crippen LogP contribution in [-0.2, 0) is 10.2 Å². The highest BCUT2D eigenvalue weighted by atomic mass is 79.9. The number of carbonyl (C=O) groups is 1. The van der Waals surface area contributed by atoms with E-state index in [1.165, 1.54) is 5.56 Å². The van der Waals surface area contributed by atoms with Crippen LogP contribution in [0.3, 0.4) is 0 Å². The van der Waals surface area contributed by atoms with Crippen molar-refractivity contribution < 1.29 is 4.79 Å². The highest BCUT2D eigenvalue weighted by Gasteiger charge is 2.42. The monoisotopic (exact) mass is 429 g/mol. The third-order valence-electron chi connectivity index (χ3n) is 5.43. The molecule has 1 aliphatic heterocycles. The van der Waals surface area contributed by atoms with Crippen LogP contribution in [0.4, 0.5) is 0 Å². The maximum atomic E-state index is 13.0. The molecule has 6 heteroatoms. The maximum Gasteiger partial charge on any atom is 0.230 e. The SMILES string of the molecule is Cl.O=C(NCCCN1CCNCC1)C1(c2ccc(Br)cc2)CCCC1. The average Bonchev–Trinajstić information content (AvgIpc) is 3.11. The Morgan fingerprint density at radius 2 is 1.80 bits per heavy atom. The molecule has 1 saturated carbocycles. The Morgan fingerprint density at radius 1 is 1.16 bits per heavy atom. The van der Waals surface area contributed by atoms with Crippen LogP contribution in [0.2, 0.25) is 0 Å². The summed E-state index contributed by atoms with van der Waals surface area (Å²) in [6.45, 7) is 6.26. The lowest BCUT2D eigenvalue weighted by atomic mass is 9.78. The van der Waals surface area contributed by atoms with Crippen LogP contribution in [0.15, 0.2) is 28.7 Å². The Labute approximate surface area is 165 Å². The van der Waals surface area contributed by atoms with Gasteiger partial charge in [0.1, 0.15) is 0 Å². The molecule has 1 amide bonds. The zero-order valence-electron chi connectivity index (χ0n) is 14.7. The Hall–Kier alpha value is -0.620. The molecule has 25 heavy (non-hydrogen) atoms. The van der Waals surface area contributed by atoms with Crippen molar-refractivity contribution >= 4 is 34.2 Å². The topological polar surface area (TPSA) is 44.4 Å². The van der Waals surface area contributed by atoms with Crippen molar-refractivity contribution in [1.82, 2.24) is 15.5 Å². The van der Waals surface area contributed by atoms with Crippen LogP contribution in [0.5, 0.6) is 0 Å². The minimum Gasteiger partial charge on any atom is -0.355 e. The molecule has 0 bridgehead atoms. The molecule has 2 aliphatic rings. The van der Waals surface area contributed by atoms with Gasteiger partial charge < -0.3 is 15.5 Å². The summed E-state index contributed by atoms with van der Waals surface area (Å²) in [7, 11) is 0. The highest BCUT2D eigenvalue weighted by molar-refractivity contribution is 9.10. The summed E-state index contributed by atoms with van der Waals surface area (Å²) in [4.78, 5) is 15.4. The van der Waals surface area contributed by atoms with Crippen LogP contribution in [-0.4, -0.2) is 50.1 Å². The molecule has 1 saturated heterocycles. The van der Waals surface area contributed by atoms with Gasteiger partial charge in [0.05, 0.1) is 5.41 Å². The van der Waals surface area contributed by atoms with Gasteiger partial charge in [-0.1, -0.05) is 40.9 Å². The summed E-state index contributed by atoms with van der Waals surface area (Å²) in [6.07, 6.45) is 5.26. The third kappa shape index (κ3) is 5.19. The molecule has 0 aromatic heterocycles. The zero-order valence-corrected chi connectivity index (χ0v) is 17.1. The second-order valence-corrected chi connectivity index (χ2v) is 7.91. The Kier molecular flexibility index (Phi) is 8.20. The van der Waals surface area contributed by atoms with Crippen LogP contribution in [0.1, 0.15) is 37.7 Å². The largest absolute Gasteiger partial charge is 0.355 e. The molecule has 0 atom stereocenters. The lowest BCUT2D eigenvalue weighted by Gasteiger charge is -2.29. The first-order chi connectivity index (χ1) is 11.7. The summed E-state index contributed by atoms with van der Waals surface area (Å²) < 4.78 is 1.07. The van der Waals surface area contributed by atoms with E-state index in [0.717, 1.165) is 75.8 Å². The number of hydrogen-bond donors (Lipinski definition) is 2. The smallest absolute Gasteiger partial charge is 0.230 e. The lowest BCUT2D eigenvalue weighted by Crippen LogP contribution is -2.45. The van der Waals surface area contributed by atoms with E-state index in [-0.39, 0.29) is 23.7 Å². The number of piperazine rings is 1. The lowest BCUT2D eigenvalue weighted by molar-refractivity contribution is -0.126. The van der Waals surface area contributed by atoms with Crippen LogP contribution >= 0.6 is 28.3 Å². The van der Waals surface area contributed by atoms with E-state index >= 15 is 0 Å². The first kappa shape index (κ1) is 20.7. The number of hydrogen-bond acceptors (Lipinski definition) is 3. The van der Waals surface area contributed by atoms with Gasteiger partial charge in [0.15, 0.2) is 0 Å². The van der Waals surface area contributed by atoms with Crippen LogP contribution in [0.25, 0.3) is 0 Å². The second-order valence-electron chi connectivity index (χ2n) is 7.00.